The van der Waals surface area contributed by atoms with Crippen molar-refractivity contribution in [3.05, 3.63) is 68.8 Å². The average molecular weight is 393 g/mol. The van der Waals surface area contributed by atoms with Gasteiger partial charge in [0.2, 0.25) is 5.90 Å². The highest BCUT2D eigenvalue weighted by atomic mass is 79.9. The molecule has 0 spiro atoms. The molecule has 23 heavy (non-hydrogen) atoms. The van der Waals surface area contributed by atoms with Crippen molar-refractivity contribution in [2.45, 2.75) is 0 Å². The molecule has 0 radical (unpaired) electrons. The predicted octanol–water partition coefficient (Wildman–Crippen LogP) is 4.46. The molecule has 0 aliphatic carbocycles. The van der Waals surface area contributed by atoms with Crippen molar-refractivity contribution in [3.63, 3.8) is 0 Å². The highest BCUT2D eigenvalue weighted by Gasteiger charge is 2.25. The molecule has 0 fully saturated rings. The van der Waals surface area contributed by atoms with Crippen molar-refractivity contribution in [2.75, 3.05) is 7.11 Å². The largest absolute Gasteiger partial charge is 0.497 e. The molecule has 2 aromatic carbocycles. The van der Waals surface area contributed by atoms with Gasteiger partial charge in [-0.05, 0) is 42.0 Å². The molecule has 4 nitrogen and oxygen atoms in total. The van der Waals surface area contributed by atoms with Gasteiger partial charge in [0.05, 0.1) is 17.7 Å². The van der Waals surface area contributed by atoms with Gasteiger partial charge in [-0.2, -0.15) is 0 Å². The van der Waals surface area contributed by atoms with Crippen LogP contribution in [-0.2, 0) is 9.53 Å². The predicted molar refractivity (Wildman–Crippen MR) is 92.8 cm³/mol. The van der Waals surface area contributed by atoms with E-state index in [1.807, 2.05) is 24.3 Å². The van der Waals surface area contributed by atoms with Crippen LogP contribution in [0.15, 0.2) is 57.6 Å². The summed E-state index contributed by atoms with van der Waals surface area (Å²) >= 11 is 9.55. The minimum Gasteiger partial charge on any atom is -0.497 e. The summed E-state index contributed by atoms with van der Waals surface area (Å²) in [5.41, 5.74) is 1.63. The van der Waals surface area contributed by atoms with Crippen LogP contribution >= 0.6 is 27.5 Å². The number of methoxy groups -OCH3 is 1. The first-order chi connectivity index (χ1) is 11.1. The van der Waals surface area contributed by atoms with Crippen LogP contribution in [0.25, 0.3) is 6.08 Å². The molecule has 1 aliphatic rings. The Kier molecular flexibility index (Phi) is 4.50. The maximum absolute atomic E-state index is 12.0. The monoisotopic (exact) mass is 391 g/mol. The number of rotatable bonds is 3. The minimum absolute atomic E-state index is 0.186. The first kappa shape index (κ1) is 15.8. The Morgan fingerprint density at radius 2 is 1.96 bits per heavy atom. The Bertz CT molecular complexity index is 828. The van der Waals surface area contributed by atoms with Crippen LogP contribution < -0.4 is 4.74 Å². The number of benzene rings is 2. The van der Waals surface area contributed by atoms with E-state index in [2.05, 4.69) is 20.9 Å². The number of carbonyl (C=O) groups excluding carboxylic acids is 1. The normalized spacial score (nSPS) is 15.5. The zero-order valence-electron chi connectivity index (χ0n) is 12.0. The molecule has 116 valence electrons. The van der Waals surface area contributed by atoms with Crippen LogP contribution in [0.1, 0.15) is 11.1 Å². The van der Waals surface area contributed by atoms with E-state index in [0.29, 0.717) is 16.3 Å². The number of nitrogens with zero attached hydrogens (tertiary/aromatic N) is 1. The van der Waals surface area contributed by atoms with Crippen molar-refractivity contribution in [2.24, 2.45) is 4.99 Å². The van der Waals surface area contributed by atoms with E-state index >= 15 is 0 Å². The highest BCUT2D eigenvalue weighted by molar-refractivity contribution is 9.10. The second-order valence-electron chi connectivity index (χ2n) is 4.73. The molecule has 0 amide bonds. The van der Waals surface area contributed by atoms with Crippen molar-refractivity contribution < 1.29 is 14.3 Å². The fourth-order valence-corrected chi connectivity index (χ4v) is 2.55. The number of cyclic esters (lactones) is 1. The third-order valence-corrected chi connectivity index (χ3v) is 4.04. The van der Waals surface area contributed by atoms with Gasteiger partial charge < -0.3 is 9.47 Å². The van der Waals surface area contributed by atoms with Crippen LogP contribution in [0.4, 0.5) is 0 Å². The molecule has 0 saturated heterocycles. The molecule has 0 atom stereocenters. The van der Waals surface area contributed by atoms with Gasteiger partial charge in [0, 0.05) is 4.47 Å². The molecule has 1 heterocycles. The molecule has 3 rings (SSSR count). The van der Waals surface area contributed by atoms with E-state index in [-0.39, 0.29) is 11.6 Å². The lowest BCUT2D eigenvalue weighted by Gasteiger charge is -2.05. The molecule has 0 aromatic heterocycles. The molecule has 2 aromatic rings. The quantitative estimate of drug-likeness (QED) is 0.572. The fourth-order valence-electron chi connectivity index (χ4n) is 2.04. The van der Waals surface area contributed by atoms with E-state index in [1.165, 1.54) is 0 Å². The van der Waals surface area contributed by atoms with E-state index in [4.69, 9.17) is 21.1 Å². The number of esters is 1. The molecule has 0 unspecified atom stereocenters. The van der Waals surface area contributed by atoms with E-state index < -0.39 is 5.97 Å². The Morgan fingerprint density at radius 3 is 2.61 bits per heavy atom. The Labute approximate surface area is 146 Å². The maximum atomic E-state index is 12.0. The summed E-state index contributed by atoms with van der Waals surface area (Å²) in [6.07, 6.45) is 1.67. The number of ether oxygens (including phenoxy) is 2. The summed E-state index contributed by atoms with van der Waals surface area (Å²) in [7, 11) is 1.55. The molecular weight excluding hydrogens is 382 g/mol. The van der Waals surface area contributed by atoms with Gasteiger partial charge in [-0.25, -0.2) is 9.79 Å². The summed E-state index contributed by atoms with van der Waals surface area (Å²) in [4.78, 5) is 16.2. The van der Waals surface area contributed by atoms with Crippen molar-refractivity contribution in [3.8, 4) is 5.75 Å². The first-order valence-electron chi connectivity index (χ1n) is 6.69. The van der Waals surface area contributed by atoms with Crippen LogP contribution in [-0.4, -0.2) is 19.0 Å². The number of halogens is 2. The third kappa shape index (κ3) is 3.46. The molecule has 6 heteroatoms. The Morgan fingerprint density at radius 1 is 1.22 bits per heavy atom. The van der Waals surface area contributed by atoms with Gasteiger partial charge in [0.1, 0.15) is 5.75 Å². The summed E-state index contributed by atoms with van der Waals surface area (Å²) in [5, 5.41) is 0.404. The maximum Gasteiger partial charge on any atom is 0.363 e. The van der Waals surface area contributed by atoms with Gasteiger partial charge in [-0.1, -0.05) is 39.7 Å². The summed E-state index contributed by atoms with van der Waals surface area (Å²) in [6.45, 7) is 0. The summed E-state index contributed by atoms with van der Waals surface area (Å²) in [6, 6.07) is 12.6. The van der Waals surface area contributed by atoms with Crippen LogP contribution in [0.3, 0.4) is 0 Å². The lowest BCUT2D eigenvalue weighted by atomic mass is 10.2. The van der Waals surface area contributed by atoms with Crippen LogP contribution in [0.2, 0.25) is 5.02 Å². The Hall–Kier alpha value is -2.11. The second-order valence-corrected chi connectivity index (χ2v) is 6.06. The summed E-state index contributed by atoms with van der Waals surface area (Å²) in [5.74, 6) is 0.301. The number of hydrogen-bond acceptors (Lipinski definition) is 4. The van der Waals surface area contributed by atoms with Gasteiger partial charge in [-0.15, -0.1) is 0 Å². The zero-order chi connectivity index (χ0) is 16.4. The average Bonchev–Trinajstić information content (AvgIpc) is 2.90. The number of carbonyl (C=O) groups is 1. The topological polar surface area (TPSA) is 47.9 Å². The molecule has 0 saturated carbocycles. The fraction of sp³-hybridized carbons (Fsp3) is 0.0588. The standard InChI is InChI=1S/C17H11BrClNO3/c1-22-12-6-7-13(14(19)9-12)16-20-15(17(21)23-16)8-10-2-4-11(18)5-3-10/h2-9H,1H3/b15-8-. The lowest BCUT2D eigenvalue weighted by Crippen LogP contribution is -2.06. The van der Waals surface area contributed by atoms with Crippen molar-refractivity contribution >= 4 is 45.5 Å². The van der Waals surface area contributed by atoms with Crippen LogP contribution in [0, 0.1) is 0 Å². The third-order valence-electron chi connectivity index (χ3n) is 3.20. The molecule has 0 N–H and O–H groups in total. The van der Waals surface area contributed by atoms with Crippen LogP contribution in [0.5, 0.6) is 5.75 Å². The second kappa shape index (κ2) is 6.56. The van der Waals surface area contributed by atoms with Crippen molar-refractivity contribution in [1.29, 1.82) is 0 Å². The van der Waals surface area contributed by atoms with E-state index in [0.717, 1.165) is 10.0 Å². The van der Waals surface area contributed by atoms with Crippen molar-refractivity contribution in [1.82, 2.24) is 0 Å². The smallest absolute Gasteiger partial charge is 0.363 e. The molecule has 0 bridgehead atoms. The first-order valence-corrected chi connectivity index (χ1v) is 7.86. The summed E-state index contributed by atoms with van der Waals surface area (Å²) < 4.78 is 11.3. The number of aliphatic imine (C=N–C) groups is 1. The van der Waals surface area contributed by atoms with Gasteiger partial charge in [0.25, 0.3) is 0 Å². The van der Waals surface area contributed by atoms with Gasteiger partial charge in [0.15, 0.2) is 5.70 Å². The highest BCUT2D eigenvalue weighted by Crippen LogP contribution is 2.27. The SMILES string of the molecule is COc1ccc(C2=N/C(=C\c3ccc(Br)cc3)C(=O)O2)c(Cl)c1. The Balaban J connectivity index is 1.93. The number of hydrogen-bond donors (Lipinski definition) is 0. The van der Waals surface area contributed by atoms with E-state index in [9.17, 15) is 4.79 Å². The molecular formula is C17H11BrClNO3. The van der Waals surface area contributed by atoms with E-state index in [1.54, 1.807) is 31.4 Å². The van der Waals surface area contributed by atoms with Gasteiger partial charge in [-0.3, -0.25) is 0 Å². The zero-order valence-corrected chi connectivity index (χ0v) is 14.4. The van der Waals surface area contributed by atoms with Gasteiger partial charge >= 0.3 is 5.97 Å². The lowest BCUT2D eigenvalue weighted by molar-refractivity contribution is -0.129. The molecule has 1 aliphatic heterocycles. The minimum atomic E-state index is -0.505.